The number of aromatic hydroxyl groups is 1. The summed E-state index contributed by atoms with van der Waals surface area (Å²) in [7, 11) is 0. The van der Waals surface area contributed by atoms with Crippen LogP contribution in [0, 0.1) is 6.92 Å². The lowest BCUT2D eigenvalue weighted by Crippen LogP contribution is -2.20. The predicted octanol–water partition coefficient (Wildman–Crippen LogP) is 3.07. The molecular formula is C10H13ClF3NO. The highest BCUT2D eigenvalue weighted by atomic mass is 35.5. The minimum atomic E-state index is -4.32. The van der Waals surface area contributed by atoms with Crippen LogP contribution < -0.4 is 5.73 Å². The van der Waals surface area contributed by atoms with E-state index in [4.69, 9.17) is 5.73 Å². The zero-order valence-corrected chi connectivity index (χ0v) is 9.40. The molecule has 0 saturated carbocycles. The average molecular weight is 256 g/mol. The summed E-state index contributed by atoms with van der Waals surface area (Å²) in [5.41, 5.74) is 6.25. The van der Waals surface area contributed by atoms with Crippen molar-refractivity contribution in [3.05, 3.63) is 29.3 Å². The summed E-state index contributed by atoms with van der Waals surface area (Å²) >= 11 is 0. The third kappa shape index (κ3) is 4.28. The number of phenols is 1. The van der Waals surface area contributed by atoms with Crippen LogP contribution in [0.1, 0.15) is 23.6 Å². The zero-order chi connectivity index (χ0) is 11.6. The molecule has 0 radical (unpaired) electrons. The van der Waals surface area contributed by atoms with Crippen molar-refractivity contribution in [2.75, 3.05) is 0 Å². The number of phenolic OH excluding ortho intramolecular Hbond substituents is 1. The number of hydrogen-bond donors (Lipinski definition) is 2. The largest absolute Gasteiger partial charge is 0.508 e. The summed E-state index contributed by atoms with van der Waals surface area (Å²) < 4.78 is 36.1. The first kappa shape index (κ1) is 15.1. The van der Waals surface area contributed by atoms with Gasteiger partial charge in [0.05, 0.1) is 6.42 Å². The molecule has 6 heteroatoms. The molecule has 3 N–H and O–H groups in total. The smallest absolute Gasteiger partial charge is 0.390 e. The van der Waals surface area contributed by atoms with Crippen LogP contribution in [0.4, 0.5) is 13.2 Å². The van der Waals surface area contributed by atoms with Gasteiger partial charge in [-0.3, -0.25) is 0 Å². The van der Waals surface area contributed by atoms with Gasteiger partial charge in [-0.1, -0.05) is 12.1 Å². The van der Waals surface area contributed by atoms with Gasteiger partial charge in [-0.25, -0.2) is 0 Å². The summed E-state index contributed by atoms with van der Waals surface area (Å²) in [4.78, 5) is 0. The van der Waals surface area contributed by atoms with Gasteiger partial charge in [0.25, 0.3) is 0 Å². The van der Waals surface area contributed by atoms with Gasteiger partial charge in [-0.15, -0.1) is 12.4 Å². The molecule has 0 aromatic heterocycles. The summed E-state index contributed by atoms with van der Waals surface area (Å²) in [6.07, 6.45) is -5.46. The van der Waals surface area contributed by atoms with E-state index in [1.165, 1.54) is 12.1 Å². The molecule has 1 aromatic rings. The van der Waals surface area contributed by atoms with Crippen LogP contribution >= 0.6 is 12.4 Å². The van der Waals surface area contributed by atoms with E-state index < -0.39 is 18.6 Å². The Bertz CT molecular complexity index is 354. The first-order valence-electron chi connectivity index (χ1n) is 4.41. The molecule has 2 nitrogen and oxygen atoms in total. The maximum atomic E-state index is 12.0. The summed E-state index contributed by atoms with van der Waals surface area (Å²) in [6, 6.07) is 3.21. The van der Waals surface area contributed by atoms with E-state index in [2.05, 4.69) is 0 Å². The third-order valence-corrected chi connectivity index (χ3v) is 2.04. The molecule has 16 heavy (non-hydrogen) atoms. The minimum absolute atomic E-state index is 0. The van der Waals surface area contributed by atoms with Crippen molar-refractivity contribution in [3.63, 3.8) is 0 Å². The Labute approximate surface area is 97.7 Å². The van der Waals surface area contributed by atoms with Gasteiger partial charge >= 0.3 is 6.18 Å². The number of benzene rings is 1. The van der Waals surface area contributed by atoms with Crippen LogP contribution in [0.15, 0.2) is 18.2 Å². The molecular weight excluding hydrogens is 243 g/mol. The number of alkyl halides is 3. The van der Waals surface area contributed by atoms with Crippen LogP contribution in [0.5, 0.6) is 5.75 Å². The van der Waals surface area contributed by atoms with E-state index in [0.717, 1.165) is 5.56 Å². The molecule has 0 unspecified atom stereocenters. The Kier molecular flexibility index (Phi) is 5.09. The van der Waals surface area contributed by atoms with E-state index in [0.29, 0.717) is 0 Å². The van der Waals surface area contributed by atoms with Gasteiger partial charge in [0.15, 0.2) is 0 Å². The molecule has 92 valence electrons. The van der Waals surface area contributed by atoms with Crippen LogP contribution in [-0.2, 0) is 0 Å². The SMILES string of the molecule is Cc1ccc([C@@H](N)CC(F)(F)F)c(O)c1.Cl. The topological polar surface area (TPSA) is 46.2 Å². The Morgan fingerprint density at radius 2 is 1.94 bits per heavy atom. The molecule has 1 aromatic carbocycles. The molecule has 1 rings (SSSR count). The maximum absolute atomic E-state index is 12.0. The summed E-state index contributed by atoms with van der Waals surface area (Å²) in [5, 5.41) is 9.41. The minimum Gasteiger partial charge on any atom is -0.508 e. The second kappa shape index (κ2) is 5.41. The average Bonchev–Trinajstić information content (AvgIpc) is 1.99. The first-order chi connectivity index (χ1) is 6.79. The first-order valence-corrected chi connectivity index (χ1v) is 4.41. The van der Waals surface area contributed by atoms with Gasteiger partial charge in [-0.05, 0) is 18.6 Å². The molecule has 0 aliphatic heterocycles. The zero-order valence-electron chi connectivity index (χ0n) is 8.58. The fourth-order valence-electron chi connectivity index (χ4n) is 1.33. The Balaban J connectivity index is 0.00000225. The van der Waals surface area contributed by atoms with Gasteiger partial charge in [0.1, 0.15) is 5.75 Å². The number of nitrogens with two attached hydrogens (primary N) is 1. The van der Waals surface area contributed by atoms with E-state index in [-0.39, 0.29) is 23.7 Å². The Morgan fingerprint density at radius 1 is 1.38 bits per heavy atom. The Hall–Kier alpha value is -0.940. The number of hydrogen-bond acceptors (Lipinski definition) is 2. The highest BCUT2D eigenvalue weighted by Crippen LogP contribution is 2.32. The maximum Gasteiger partial charge on any atom is 0.390 e. The molecule has 0 spiro atoms. The van der Waals surface area contributed by atoms with Crippen molar-refractivity contribution in [2.24, 2.45) is 5.73 Å². The number of rotatable bonds is 2. The monoisotopic (exact) mass is 255 g/mol. The number of halogens is 4. The molecule has 0 bridgehead atoms. The van der Waals surface area contributed by atoms with E-state index >= 15 is 0 Å². The quantitative estimate of drug-likeness (QED) is 0.853. The molecule has 0 fully saturated rings. The predicted molar refractivity (Wildman–Crippen MR) is 57.7 cm³/mol. The van der Waals surface area contributed by atoms with E-state index in [1.54, 1.807) is 13.0 Å². The standard InChI is InChI=1S/C10H12F3NO.ClH/c1-6-2-3-7(9(15)4-6)8(14)5-10(11,12)13;/h2-4,8,15H,5,14H2,1H3;1H/t8-;/m0./s1. The lowest BCUT2D eigenvalue weighted by atomic mass is 10.0. The summed E-state index contributed by atoms with van der Waals surface area (Å²) in [6.45, 7) is 1.73. The van der Waals surface area contributed by atoms with Crippen LogP contribution in [0.3, 0.4) is 0 Å². The van der Waals surface area contributed by atoms with Gasteiger partial charge in [0, 0.05) is 11.6 Å². The highest BCUT2D eigenvalue weighted by molar-refractivity contribution is 5.85. The Morgan fingerprint density at radius 3 is 2.38 bits per heavy atom. The van der Waals surface area contributed by atoms with Crippen LogP contribution in [0.25, 0.3) is 0 Å². The molecule has 0 aliphatic carbocycles. The molecule has 1 atom stereocenters. The highest BCUT2D eigenvalue weighted by Gasteiger charge is 2.31. The van der Waals surface area contributed by atoms with Crippen molar-refractivity contribution < 1.29 is 18.3 Å². The van der Waals surface area contributed by atoms with E-state index in [1.807, 2.05) is 0 Å². The summed E-state index contributed by atoms with van der Waals surface area (Å²) in [5.74, 6) is -0.188. The van der Waals surface area contributed by atoms with Gasteiger partial charge in [0.2, 0.25) is 0 Å². The van der Waals surface area contributed by atoms with Crippen molar-refractivity contribution in [2.45, 2.75) is 25.6 Å². The molecule has 0 amide bonds. The van der Waals surface area contributed by atoms with Crippen molar-refractivity contribution >= 4 is 12.4 Å². The second-order valence-electron chi connectivity index (χ2n) is 3.49. The van der Waals surface area contributed by atoms with Gasteiger partial charge < -0.3 is 10.8 Å². The number of aryl methyl sites for hydroxylation is 1. The van der Waals surface area contributed by atoms with Crippen LogP contribution in [0.2, 0.25) is 0 Å². The van der Waals surface area contributed by atoms with Crippen molar-refractivity contribution in [1.29, 1.82) is 0 Å². The van der Waals surface area contributed by atoms with Gasteiger partial charge in [-0.2, -0.15) is 13.2 Å². The second-order valence-corrected chi connectivity index (χ2v) is 3.49. The molecule has 0 aliphatic rings. The van der Waals surface area contributed by atoms with Crippen molar-refractivity contribution in [1.82, 2.24) is 0 Å². The lowest BCUT2D eigenvalue weighted by molar-refractivity contribution is -0.138. The molecule has 0 saturated heterocycles. The normalized spacial score (nSPS) is 13.1. The fourth-order valence-corrected chi connectivity index (χ4v) is 1.33. The van der Waals surface area contributed by atoms with Crippen LogP contribution in [-0.4, -0.2) is 11.3 Å². The third-order valence-electron chi connectivity index (χ3n) is 2.04. The molecule has 0 heterocycles. The van der Waals surface area contributed by atoms with E-state index in [9.17, 15) is 18.3 Å². The fraction of sp³-hybridized carbons (Fsp3) is 0.400. The van der Waals surface area contributed by atoms with Crippen molar-refractivity contribution in [3.8, 4) is 5.75 Å². The lowest BCUT2D eigenvalue weighted by Gasteiger charge is -2.15.